The zero-order valence-electron chi connectivity index (χ0n) is 13.2. The molecule has 0 fully saturated rings. The summed E-state index contributed by atoms with van der Waals surface area (Å²) >= 11 is 0. The summed E-state index contributed by atoms with van der Waals surface area (Å²) in [5.41, 5.74) is 3.92. The summed E-state index contributed by atoms with van der Waals surface area (Å²) in [5, 5.41) is 9.99. The van der Waals surface area contributed by atoms with Crippen molar-refractivity contribution in [2.45, 2.75) is 26.9 Å². The number of nitrogens with zero attached hydrogens (tertiary/aromatic N) is 3. The van der Waals surface area contributed by atoms with Crippen LogP contribution in [0.15, 0.2) is 42.7 Å². The van der Waals surface area contributed by atoms with Crippen LogP contribution >= 0.6 is 0 Å². The number of aryl methyl sites for hydroxylation is 2. The van der Waals surface area contributed by atoms with E-state index in [0.29, 0.717) is 6.54 Å². The second kappa shape index (κ2) is 6.48. The molecular formula is C17H19N5O. The number of aromatic nitrogens is 4. The molecule has 0 bridgehead atoms. The van der Waals surface area contributed by atoms with Crippen LogP contribution in [0.1, 0.15) is 17.0 Å². The predicted octanol–water partition coefficient (Wildman–Crippen LogP) is 2.21. The topological polar surface area (TPSA) is 75.6 Å². The molecule has 2 heterocycles. The summed E-state index contributed by atoms with van der Waals surface area (Å²) in [5.74, 6) is 0.733. The Morgan fingerprint density at radius 1 is 1.26 bits per heavy atom. The molecule has 6 nitrogen and oxygen atoms in total. The molecule has 2 aromatic heterocycles. The minimum atomic E-state index is -0.0554. The Bertz CT molecular complexity index is 784. The number of carbonyl (C=O) groups excluding carboxylic acids is 1. The molecule has 0 aliphatic heterocycles. The summed E-state index contributed by atoms with van der Waals surface area (Å²) < 4.78 is 1.85. The van der Waals surface area contributed by atoms with Gasteiger partial charge in [0.15, 0.2) is 0 Å². The Morgan fingerprint density at radius 3 is 2.74 bits per heavy atom. The van der Waals surface area contributed by atoms with Gasteiger partial charge in [0.2, 0.25) is 5.91 Å². The minimum Gasteiger partial charge on any atom is -0.350 e. The molecule has 0 saturated heterocycles. The Kier molecular flexibility index (Phi) is 4.23. The number of hydrogen-bond donors (Lipinski definition) is 2. The van der Waals surface area contributed by atoms with Crippen LogP contribution in [0, 0.1) is 13.8 Å². The van der Waals surface area contributed by atoms with E-state index in [2.05, 4.69) is 20.5 Å². The van der Waals surface area contributed by atoms with E-state index < -0.39 is 0 Å². The van der Waals surface area contributed by atoms with Crippen molar-refractivity contribution in [3.63, 3.8) is 0 Å². The quantitative estimate of drug-likeness (QED) is 0.758. The van der Waals surface area contributed by atoms with E-state index in [4.69, 9.17) is 0 Å². The molecule has 0 atom stereocenters. The number of benzene rings is 1. The second-order valence-corrected chi connectivity index (χ2v) is 5.43. The van der Waals surface area contributed by atoms with Crippen LogP contribution in [0.2, 0.25) is 0 Å². The first kappa shape index (κ1) is 15.0. The van der Waals surface area contributed by atoms with E-state index in [1.165, 1.54) is 0 Å². The highest BCUT2D eigenvalue weighted by Gasteiger charge is 2.11. The van der Waals surface area contributed by atoms with Crippen LogP contribution in [0.3, 0.4) is 0 Å². The number of aromatic amines is 1. The highest BCUT2D eigenvalue weighted by atomic mass is 16.1. The Labute approximate surface area is 134 Å². The van der Waals surface area contributed by atoms with Gasteiger partial charge in [-0.15, -0.1) is 0 Å². The fraction of sp³-hybridized carbons (Fsp3) is 0.235. The lowest BCUT2D eigenvalue weighted by Crippen LogP contribution is -2.27. The molecule has 6 heteroatoms. The third-order valence-electron chi connectivity index (χ3n) is 3.80. The van der Waals surface area contributed by atoms with Gasteiger partial charge in [0.25, 0.3) is 0 Å². The lowest BCUT2D eigenvalue weighted by atomic mass is 10.2. The monoisotopic (exact) mass is 309 g/mol. The van der Waals surface area contributed by atoms with Gasteiger partial charge in [-0.2, -0.15) is 5.10 Å². The van der Waals surface area contributed by atoms with Gasteiger partial charge in [0.1, 0.15) is 12.4 Å². The number of H-pyrrole nitrogens is 1. The molecule has 3 rings (SSSR count). The zero-order valence-corrected chi connectivity index (χ0v) is 13.2. The molecule has 0 spiro atoms. The van der Waals surface area contributed by atoms with Gasteiger partial charge in [-0.25, -0.2) is 4.98 Å². The lowest BCUT2D eigenvalue weighted by molar-refractivity contribution is -0.121. The molecule has 0 saturated carbocycles. The van der Waals surface area contributed by atoms with Gasteiger partial charge < -0.3 is 9.88 Å². The van der Waals surface area contributed by atoms with Crippen molar-refractivity contribution in [2.75, 3.05) is 0 Å². The molecule has 23 heavy (non-hydrogen) atoms. The van der Waals surface area contributed by atoms with Gasteiger partial charge in [0.05, 0.1) is 5.69 Å². The van der Waals surface area contributed by atoms with Crippen LogP contribution < -0.4 is 5.32 Å². The molecule has 0 radical (unpaired) electrons. The minimum absolute atomic E-state index is 0.0554. The lowest BCUT2D eigenvalue weighted by Gasteiger charge is -2.09. The predicted molar refractivity (Wildman–Crippen MR) is 87.6 cm³/mol. The molecule has 3 aromatic rings. The molecule has 1 amide bonds. The molecular weight excluding hydrogens is 290 g/mol. The fourth-order valence-electron chi connectivity index (χ4n) is 2.52. The maximum atomic E-state index is 12.2. The number of imidazole rings is 1. The molecule has 0 aliphatic carbocycles. The van der Waals surface area contributed by atoms with Crippen molar-refractivity contribution in [1.82, 2.24) is 25.1 Å². The van der Waals surface area contributed by atoms with Crippen molar-refractivity contribution in [3.05, 3.63) is 59.7 Å². The smallest absolute Gasteiger partial charge is 0.240 e. The van der Waals surface area contributed by atoms with Crippen molar-refractivity contribution in [3.8, 4) is 11.4 Å². The third-order valence-corrected chi connectivity index (χ3v) is 3.80. The maximum absolute atomic E-state index is 12.2. The van der Waals surface area contributed by atoms with Crippen molar-refractivity contribution < 1.29 is 4.79 Å². The highest BCUT2D eigenvalue weighted by molar-refractivity contribution is 5.76. The van der Waals surface area contributed by atoms with Crippen LogP contribution in [-0.2, 0) is 17.9 Å². The van der Waals surface area contributed by atoms with Gasteiger partial charge in [0, 0.05) is 35.8 Å². The van der Waals surface area contributed by atoms with E-state index in [9.17, 15) is 4.79 Å². The molecule has 1 aromatic carbocycles. The van der Waals surface area contributed by atoms with E-state index in [-0.39, 0.29) is 12.5 Å². The molecule has 0 aliphatic rings. The van der Waals surface area contributed by atoms with Crippen molar-refractivity contribution in [2.24, 2.45) is 0 Å². The normalized spacial score (nSPS) is 10.7. The van der Waals surface area contributed by atoms with Gasteiger partial charge in [-0.05, 0) is 13.8 Å². The van der Waals surface area contributed by atoms with Crippen LogP contribution in [0.25, 0.3) is 11.4 Å². The van der Waals surface area contributed by atoms with Gasteiger partial charge in [-0.1, -0.05) is 30.3 Å². The van der Waals surface area contributed by atoms with E-state index in [1.54, 1.807) is 6.20 Å². The first-order valence-corrected chi connectivity index (χ1v) is 7.49. The first-order chi connectivity index (χ1) is 11.1. The number of rotatable bonds is 5. The SMILES string of the molecule is Cc1n[nH]c(C)c1CNC(=O)Cn1ccnc1-c1ccccc1. The number of hydrogen-bond acceptors (Lipinski definition) is 3. The number of amides is 1. The largest absolute Gasteiger partial charge is 0.350 e. The summed E-state index contributed by atoms with van der Waals surface area (Å²) in [6, 6.07) is 9.83. The highest BCUT2D eigenvalue weighted by Crippen LogP contribution is 2.16. The summed E-state index contributed by atoms with van der Waals surface area (Å²) in [7, 11) is 0. The zero-order chi connectivity index (χ0) is 16.2. The van der Waals surface area contributed by atoms with E-state index in [0.717, 1.165) is 28.3 Å². The van der Waals surface area contributed by atoms with Crippen molar-refractivity contribution >= 4 is 5.91 Å². The van der Waals surface area contributed by atoms with Crippen molar-refractivity contribution in [1.29, 1.82) is 0 Å². The second-order valence-electron chi connectivity index (χ2n) is 5.43. The van der Waals surface area contributed by atoms with Gasteiger partial charge >= 0.3 is 0 Å². The maximum Gasteiger partial charge on any atom is 0.240 e. The Morgan fingerprint density at radius 2 is 2.04 bits per heavy atom. The van der Waals surface area contributed by atoms with E-state index >= 15 is 0 Å². The number of nitrogens with one attached hydrogen (secondary N) is 2. The molecule has 0 unspecified atom stereocenters. The van der Waals surface area contributed by atoms with Crippen LogP contribution in [-0.4, -0.2) is 25.7 Å². The standard InChI is InChI=1S/C17H19N5O/c1-12-15(13(2)21-20-12)10-19-16(23)11-22-9-8-18-17(22)14-6-4-3-5-7-14/h3-9H,10-11H2,1-2H3,(H,19,23)(H,20,21). The van der Waals surface area contributed by atoms with Crippen LogP contribution in [0.4, 0.5) is 0 Å². The van der Waals surface area contributed by atoms with Gasteiger partial charge in [-0.3, -0.25) is 9.89 Å². The third kappa shape index (κ3) is 3.31. The Hall–Kier alpha value is -2.89. The molecule has 2 N–H and O–H groups in total. The molecule has 118 valence electrons. The fourth-order valence-corrected chi connectivity index (χ4v) is 2.52. The summed E-state index contributed by atoms with van der Waals surface area (Å²) in [4.78, 5) is 16.6. The van der Waals surface area contributed by atoms with Crippen LogP contribution in [0.5, 0.6) is 0 Å². The summed E-state index contributed by atoms with van der Waals surface area (Å²) in [6.07, 6.45) is 3.52. The average molecular weight is 309 g/mol. The summed E-state index contributed by atoms with van der Waals surface area (Å²) in [6.45, 7) is 4.59. The average Bonchev–Trinajstić information content (AvgIpc) is 3.13. The number of carbonyl (C=O) groups is 1. The first-order valence-electron chi connectivity index (χ1n) is 7.49. The van der Waals surface area contributed by atoms with E-state index in [1.807, 2.05) is 54.9 Å². The Balaban J connectivity index is 1.66.